The minimum atomic E-state index is -3.84. The van der Waals surface area contributed by atoms with Gasteiger partial charge in [-0.2, -0.15) is 0 Å². The zero-order valence-corrected chi connectivity index (χ0v) is 31.4. The quantitative estimate of drug-likeness (QED) is 0.121. The van der Waals surface area contributed by atoms with Crippen molar-refractivity contribution < 1.29 is 27.4 Å². The van der Waals surface area contributed by atoms with E-state index in [0.29, 0.717) is 37.8 Å². The summed E-state index contributed by atoms with van der Waals surface area (Å²) in [4.78, 5) is 18.4. The summed E-state index contributed by atoms with van der Waals surface area (Å²) in [6, 6.07) is 29.2. The predicted molar refractivity (Wildman–Crippen MR) is 211 cm³/mol. The van der Waals surface area contributed by atoms with Crippen LogP contribution in [-0.2, 0) is 30.8 Å². The second-order valence-corrected chi connectivity index (χ2v) is 15.2. The number of ether oxygens (including phenoxy) is 3. The van der Waals surface area contributed by atoms with Crippen molar-refractivity contribution >= 4 is 39.1 Å². The van der Waals surface area contributed by atoms with Gasteiger partial charge < -0.3 is 24.4 Å². The highest BCUT2D eigenvalue weighted by Gasteiger charge is 2.23. The number of hydrogen-bond acceptors (Lipinski definition) is 8. The van der Waals surface area contributed by atoms with Crippen LogP contribution in [0.2, 0.25) is 0 Å². The molecule has 1 fully saturated rings. The van der Waals surface area contributed by atoms with Crippen molar-refractivity contribution in [3.05, 3.63) is 108 Å². The van der Waals surface area contributed by atoms with Crippen LogP contribution < -0.4 is 20.1 Å². The van der Waals surface area contributed by atoms with Crippen LogP contribution in [0, 0.1) is 0 Å². The van der Waals surface area contributed by atoms with Gasteiger partial charge in [0.05, 0.1) is 11.5 Å². The number of amides is 1. The number of carbonyl (C=O) groups is 1. The van der Waals surface area contributed by atoms with Crippen molar-refractivity contribution in [3.8, 4) is 16.9 Å². The summed E-state index contributed by atoms with van der Waals surface area (Å²) in [5.74, 6) is 0.606. The summed E-state index contributed by atoms with van der Waals surface area (Å²) in [7, 11) is -1.68. The second-order valence-electron chi connectivity index (χ2n) is 13.6. The molecule has 11 heteroatoms. The van der Waals surface area contributed by atoms with Gasteiger partial charge in [0.15, 0.2) is 0 Å². The first-order valence-electron chi connectivity index (χ1n) is 18.4. The van der Waals surface area contributed by atoms with E-state index >= 15 is 0 Å². The number of fused-ring (bicyclic) bond motifs is 1. The standard InChI is InChI=1S/C42H50N4O6S/c1-3-4-23-50-26-27-52-39-14-7-32(8-15-39)33-9-18-41-35(28-33)29-34(19-22-46(41)38-12-16-40(17-13-38)53(43,48)49)42(47)44-36-10-5-31(6-11-36)30-45(2)37-20-24-51-25-21-37/h5-18,28-29,37H,3-4,19-27,30H2,1-2H3,(H,44,47)(H2,43,48,49). The number of nitrogens with one attached hydrogen (secondary N) is 1. The molecule has 0 radical (unpaired) electrons. The molecular formula is C42H50N4O6S. The van der Waals surface area contributed by atoms with Crippen molar-refractivity contribution in [1.29, 1.82) is 0 Å². The Bertz CT molecular complexity index is 1960. The van der Waals surface area contributed by atoms with Crippen LogP contribution in [0.15, 0.2) is 101 Å². The molecule has 0 spiro atoms. The first-order chi connectivity index (χ1) is 25.7. The van der Waals surface area contributed by atoms with Crippen molar-refractivity contribution in [3.63, 3.8) is 0 Å². The summed E-state index contributed by atoms with van der Waals surface area (Å²) in [5.41, 5.74) is 7.13. The summed E-state index contributed by atoms with van der Waals surface area (Å²) in [6.07, 6.45) is 6.66. The Morgan fingerprint density at radius 2 is 1.64 bits per heavy atom. The number of hydrogen-bond donors (Lipinski definition) is 2. The molecule has 0 atom stereocenters. The molecule has 0 saturated carbocycles. The van der Waals surface area contributed by atoms with Gasteiger partial charge in [0.2, 0.25) is 10.0 Å². The second kappa shape index (κ2) is 18.0. The molecule has 0 bridgehead atoms. The fourth-order valence-electron chi connectivity index (χ4n) is 6.73. The molecule has 280 valence electrons. The van der Waals surface area contributed by atoms with Gasteiger partial charge in [-0.25, -0.2) is 13.6 Å². The van der Waals surface area contributed by atoms with Crippen LogP contribution in [0.1, 0.15) is 50.2 Å². The van der Waals surface area contributed by atoms with Crippen molar-refractivity contribution in [2.24, 2.45) is 5.14 Å². The molecule has 1 amide bonds. The van der Waals surface area contributed by atoms with Gasteiger partial charge in [0, 0.05) is 61.6 Å². The number of nitrogens with two attached hydrogens (primary N) is 1. The summed E-state index contributed by atoms with van der Waals surface area (Å²) >= 11 is 0. The first kappa shape index (κ1) is 38.2. The van der Waals surface area contributed by atoms with E-state index < -0.39 is 10.0 Å². The van der Waals surface area contributed by atoms with E-state index in [1.54, 1.807) is 12.1 Å². The van der Waals surface area contributed by atoms with Crippen LogP contribution in [0.4, 0.5) is 17.1 Å². The number of unbranched alkanes of at least 4 members (excludes halogenated alkanes) is 1. The molecule has 4 aromatic rings. The van der Waals surface area contributed by atoms with E-state index in [1.807, 2.05) is 48.5 Å². The zero-order valence-electron chi connectivity index (χ0n) is 30.6. The van der Waals surface area contributed by atoms with E-state index in [1.165, 1.54) is 17.7 Å². The Morgan fingerprint density at radius 3 is 2.34 bits per heavy atom. The van der Waals surface area contributed by atoms with E-state index in [2.05, 4.69) is 53.4 Å². The molecule has 10 nitrogen and oxygen atoms in total. The van der Waals surface area contributed by atoms with Crippen LogP contribution >= 0.6 is 0 Å². The average Bonchev–Trinajstić information content (AvgIpc) is 3.37. The molecule has 0 aromatic heterocycles. The third kappa shape index (κ3) is 10.3. The van der Waals surface area contributed by atoms with Gasteiger partial charge in [0.1, 0.15) is 12.4 Å². The summed E-state index contributed by atoms with van der Waals surface area (Å²) < 4.78 is 40.9. The van der Waals surface area contributed by atoms with Crippen molar-refractivity contribution in [1.82, 2.24) is 4.90 Å². The topological polar surface area (TPSA) is 123 Å². The fraction of sp³-hybridized carbons (Fsp3) is 0.357. The summed E-state index contributed by atoms with van der Waals surface area (Å²) in [6.45, 7) is 6.88. The van der Waals surface area contributed by atoms with E-state index in [0.717, 1.165) is 91.6 Å². The molecule has 6 rings (SSSR count). The monoisotopic (exact) mass is 738 g/mol. The lowest BCUT2D eigenvalue weighted by atomic mass is 10.00. The Hall–Kier alpha value is -4.52. The normalized spacial score (nSPS) is 15.1. The first-order valence-corrected chi connectivity index (χ1v) is 20.0. The van der Waals surface area contributed by atoms with E-state index in [-0.39, 0.29) is 10.8 Å². The van der Waals surface area contributed by atoms with E-state index in [9.17, 15) is 13.2 Å². The third-order valence-electron chi connectivity index (χ3n) is 9.81. The third-order valence-corrected chi connectivity index (χ3v) is 10.7. The number of benzene rings is 4. The van der Waals surface area contributed by atoms with E-state index in [4.69, 9.17) is 19.3 Å². The van der Waals surface area contributed by atoms with Gasteiger partial charge in [-0.05, 0) is 122 Å². The molecule has 53 heavy (non-hydrogen) atoms. The lowest BCUT2D eigenvalue weighted by Crippen LogP contribution is -2.36. The lowest BCUT2D eigenvalue weighted by Gasteiger charge is -2.31. The number of nitrogens with zero attached hydrogens (tertiary/aromatic N) is 2. The molecule has 0 unspecified atom stereocenters. The maximum Gasteiger partial charge on any atom is 0.251 e. The molecule has 4 aromatic carbocycles. The van der Waals surface area contributed by atoms with Crippen LogP contribution in [0.3, 0.4) is 0 Å². The number of carbonyl (C=O) groups excluding carboxylic acids is 1. The van der Waals surface area contributed by atoms with Crippen molar-refractivity contribution in [2.75, 3.05) is 56.8 Å². The minimum absolute atomic E-state index is 0.0440. The minimum Gasteiger partial charge on any atom is -0.491 e. The maximum atomic E-state index is 13.8. The van der Waals surface area contributed by atoms with Crippen LogP contribution in [-0.4, -0.2) is 71.9 Å². The lowest BCUT2D eigenvalue weighted by molar-refractivity contribution is -0.112. The zero-order chi connectivity index (χ0) is 37.2. The SMILES string of the molecule is CCCCOCCOc1ccc(-c2ccc3c(c2)C=C(C(=O)Nc2ccc(CN(C)C4CCOCC4)cc2)CCN3c2ccc(S(N)(=O)=O)cc2)cc1. The van der Waals surface area contributed by atoms with Crippen molar-refractivity contribution in [2.45, 2.75) is 56.5 Å². The van der Waals surface area contributed by atoms with Crippen LogP contribution in [0.25, 0.3) is 17.2 Å². The molecule has 2 aliphatic heterocycles. The summed E-state index contributed by atoms with van der Waals surface area (Å²) in [5, 5.41) is 8.49. The Labute approximate surface area is 313 Å². The van der Waals surface area contributed by atoms with Crippen LogP contribution in [0.5, 0.6) is 5.75 Å². The smallest absolute Gasteiger partial charge is 0.251 e. The Morgan fingerprint density at radius 1 is 0.925 bits per heavy atom. The highest BCUT2D eigenvalue weighted by atomic mass is 32.2. The van der Waals surface area contributed by atoms with Gasteiger partial charge in [-0.15, -0.1) is 0 Å². The molecule has 1 saturated heterocycles. The molecular weight excluding hydrogens is 689 g/mol. The molecule has 2 aliphatic rings. The molecule has 2 heterocycles. The molecule has 0 aliphatic carbocycles. The van der Waals surface area contributed by atoms with Gasteiger partial charge in [-0.3, -0.25) is 9.69 Å². The highest BCUT2D eigenvalue weighted by molar-refractivity contribution is 7.89. The number of primary sulfonamides is 1. The van der Waals surface area contributed by atoms with Gasteiger partial charge in [-0.1, -0.05) is 43.7 Å². The largest absolute Gasteiger partial charge is 0.491 e. The number of sulfonamides is 1. The fourth-order valence-corrected chi connectivity index (χ4v) is 7.24. The average molecular weight is 739 g/mol. The highest BCUT2D eigenvalue weighted by Crippen LogP contribution is 2.37. The number of anilines is 3. The maximum absolute atomic E-state index is 13.8. The molecule has 3 N–H and O–H groups in total. The van der Waals surface area contributed by atoms with Gasteiger partial charge in [0.25, 0.3) is 5.91 Å². The Kier molecular flexibility index (Phi) is 13.0. The number of rotatable bonds is 15. The predicted octanol–water partition coefficient (Wildman–Crippen LogP) is 7.37. The Balaban J connectivity index is 1.20. The van der Waals surface area contributed by atoms with Gasteiger partial charge >= 0.3 is 0 Å².